The van der Waals surface area contributed by atoms with Crippen molar-refractivity contribution in [2.24, 2.45) is 12.8 Å². The Morgan fingerprint density at radius 1 is 1.27 bits per heavy atom. The molecule has 1 aromatic carbocycles. The second-order valence-electron chi connectivity index (χ2n) is 4.56. The molecule has 0 aliphatic heterocycles. The van der Waals surface area contributed by atoms with Crippen LogP contribution in [0.1, 0.15) is 17.0 Å². The van der Waals surface area contributed by atoms with E-state index in [1.54, 1.807) is 11.6 Å². The van der Waals surface area contributed by atoms with Crippen molar-refractivity contribution in [2.45, 2.75) is 23.5 Å². The number of halogens is 4. The molecule has 0 amide bonds. The third-order valence-corrected chi connectivity index (χ3v) is 4.10. The van der Waals surface area contributed by atoms with Crippen molar-refractivity contribution in [3.63, 3.8) is 0 Å². The van der Waals surface area contributed by atoms with Gasteiger partial charge in [0.05, 0.1) is 5.56 Å². The maximum absolute atomic E-state index is 13.5. The highest BCUT2D eigenvalue weighted by Crippen LogP contribution is 2.36. The summed E-state index contributed by atoms with van der Waals surface area (Å²) in [5.74, 6) is -0.672. The summed E-state index contributed by atoms with van der Waals surface area (Å²) >= 11 is 1.07. The van der Waals surface area contributed by atoms with Crippen molar-refractivity contribution < 1.29 is 17.6 Å². The van der Waals surface area contributed by atoms with Crippen LogP contribution in [0.2, 0.25) is 0 Å². The lowest BCUT2D eigenvalue weighted by molar-refractivity contribution is -0.140. The first-order chi connectivity index (χ1) is 10.3. The first-order valence-electron chi connectivity index (χ1n) is 6.40. The second kappa shape index (κ2) is 6.66. The third-order valence-electron chi connectivity index (χ3n) is 3.03. The van der Waals surface area contributed by atoms with Crippen molar-refractivity contribution in [1.82, 2.24) is 14.8 Å². The van der Waals surface area contributed by atoms with Gasteiger partial charge in [-0.25, -0.2) is 4.39 Å². The quantitative estimate of drug-likeness (QED) is 0.675. The number of rotatable bonds is 5. The number of nitrogens with zero attached hydrogens (tertiary/aromatic N) is 3. The number of hydrogen-bond donors (Lipinski definition) is 1. The molecule has 4 nitrogen and oxygen atoms in total. The summed E-state index contributed by atoms with van der Waals surface area (Å²) in [5.41, 5.74) is 4.08. The molecule has 0 fully saturated rings. The Balaban J connectivity index is 2.21. The van der Waals surface area contributed by atoms with Crippen molar-refractivity contribution in [2.75, 3.05) is 6.54 Å². The predicted octanol–water partition coefficient (Wildman–Crippen LogP) is 2.77. The largest absolute Gasteiger partial charge is 0.419 e. The molecular formula is C13H14F4N4S. The fourth-order valence-corrected chi connectivity index (χ4v) is 2.89. The number of aromatic nitrogens is 3. The molecule has 9 heteroatoms. The molecule has 0 aliphatic rings. The Bertz CT molecular complexity index is 654. The Hall–Kier alpha value is -1.61. The zero-order valence-corrected chi connectivity index (χ0v) is 12.5. The first kappa shape index (κ1) is 16.8. The molecule has 0 bridgehead atoms. The van der Waals surface area contributed by atoms with Gasteiger partial charge in [-0.2, -0.15) is 13.2 Å². The lowest BCUT2D eigenvalue weighted by Gasteiger charge is -2.13. The zero-order chi connectivity index (χ0) is 16.3. The van der Waals surface area contributed by atoms with Gasteiger partial charge in [-0.15, -0.1) is 10.2 Å². The molecule has 0 atom stereocenters. The van der Waals surface area contributed by atoms with Gasteiger partial charge in [0.15, 0.2) is 5.16 Å². The van der Waals surface area contributed by atoms with E-state index >= 15 is 0 Å². The number of alkyl halides is 3. The molecule has 2 aromatic rings. The maximum Gasteiger partial charge on any atom is 0.419 e. The van der Waals surface area contributed by atoms with Crippen molar-refractivity contribution >= 4 is 11.8 Å². The highest BCUT2D eigenvalue weighted by molar-refractivity contribution is 7.98. The Kier molecular flexibility index (Phi) is 5.07. The fourth-order valence-electron chi connectivity index (χ4n) is 1.97. The van der Waals surface area contributed by atoms with Crippen molar-refractivity contribution in [3.8, 4) is 0 Å². The summed E-state index contributed by atoms with van der Waals surface area (Å²) in [5, 5.41) is 8.29. The molecule has 2 rings (SSSR count). The van der Waals surface area contributed by atoms with Gasteiger partial charge in [0.1, 0.15) is 11.6 Å². The van der Waals surface area contributed by atoms with Gasteiger partial charge in [0.25, 0.3) is 0 Å². The van der Waals surface area contributed by atoms with Crippen LogP contribution in [-0.4, -0.2) is 21.3 Å². The monoisotopic (exact) mass is 334 g/mol. The van der Waals surface area contributed by atoms with Gasteiger partial charge >= 0.3 is 6.18 Å². The Morgan fingerprint density at radius 2 is 2.00 bits per heavy atom. The van der Waals surface area contributed by atoms with Crippen LogP contribution in [0.25, 0.3) is 0 Å². The van der Waals surface area contributed by atoms with Gasteiger partial charge in [-0.1, -0.05) is 23.9 Å². The lowest BCUT2D eigenvalue weighted by atomic mass is 10.1. The van der Waals surface area contributed by atoms with E-state index in [2.05, 4.69) is 10.2 Å². The molecule has 0 aliphatic carbocycles. The average molecular weight is 334 g/mol. The normalized spacial score (nSPS) is 11.9. The molecule has 0 saturated heterocycles. The minimum atomic E-state index is -4.73. The molecule has 0 spiro atoms. The van der Waals surface area contributed by atoms with E-state index in [1.807, 2.05) is 0 Å². The number of thioether (sulfide) groups is 1. The standard InChI is InChI=1S/C13H14F4N4S/c1-21-10(5-6-18)19-20-12(21)22-7-8-3-2-4-9(14)11(8)13(15,16)17/h2-4H,5-7,18H2,1H3. The molecule has 120 valence electrons. The molecule has 0 unspecified atom stereocenters. The van der Waals surface area contributed by atoms with E-state index in [-0.39, 0.29) is 11.3 Å². The predicted molar refractivity (Wildman–Crippen MR) is 74.7 cm³/mol. The molecule has 0 radical (unpaired) electrons. The smallest absolute Gasteiger partial charge is 0.330 e. The lowest BCUT2D eigenvalue weighted by Crippen LogP contribution is -2.12. The van der Waals surface area contributed by atoms with Gasteiger partial charge < -0.3 is 10.3 Å². The molecule has 22 heavy (non-hydrogen) atoms. The van der Waals surface area contributed by atoms with Gasteiger partial charge in [-0.3, -0.25) is 0 Å². The minimum Gasteiger partial charge on any atom is -0.330 e. The maximum atomic E-state index is 13.5. The second-order valence-corrected chi connectivity index (χ2v) is 5.50. The summed E-state index contributed by atoms with van der Waals surface area (Å²) in [6, 6.07) is 3.33. The third kappa shape index (κ3) is 3.58. The van der Waals surface area contributed by atoms with Gasteiger partial charge in [0.2, 0.25) is 0 Å². The minimum absolute atomic E-state index is 0.0544. The van der Waals surface area contributed by atoms with E-state index in [4.69, 9.17) is 5.73 Å². The summed E-state index contributed by atoms with van der Waals surface area (Å²) in [6.45, 7) is 0.402. The van der Waals surface area contributed by atoms with Gasteiger partial charge in [-0.05, 0) is 18.2 Å². The molecule has 0 saturated carbocycles. The topological polar surface area (TPSA) is 56.7 Å². The van der Waals surface area contributed by atoms with Crippen LogP contribution < -0.4 is 5.73 Å². The SMILES string of the molecule is Cn1c(CCN)nnc1SCc1cccc(F)c1C(F)(F)F. The van der Waals surface area contributed by atoms with Crippen LogP contribution in [0, 0.1) is 5.82 Å². The van der Waals surface area contributed by atoms with Crippen molar-refractivity contribution in [1.29, 1.82) is 0 Å². The van der Waals surface area contributed by atoms with Crippen LogP contribution in [-0.2, 0) is 25.4 Å². The summed E-state index contributed by atoms with van der Waals surface area (Å²) in [7, 11) is 1.71. The van der Waals surface area contributed by atoms with E-state index in [1.165, 1.54) is 12.1 Å². The highest BCUT2D eigenvalue weighted by Gasteiger charge is 2.36. The van der Waals surface area contributed by atoms with Crippen LogP contribution in [0.5, 0.6) is 0 Å². The zero-order valence-electron chi connectivity index (χ0n) is 11.7. The van der Waals surface area contributed by atoms with Crippen LogP contribution >= 0.6 is 11.8 Å². The molecule has 1 aromatic heterocycles. The van der Waals surface area contributed by atoms with E-state index in [9.17, 15) is 17.6 Å². The summed E-state index contributed by atoms with van der Waals surface area (Å²) < 4.78 is 53.9. The highest BCUT2D eigenvalue weighted by atomic mass is 32.2. The number of hydrogen-bond acceptors (Lipinski definition) is 4. The fraction of sp³-hybridized carbons (Fsp3) is 0.385. The van der Waals surface area contributed by atoms with Gasteiger partial charge in [0, 0.05) is 19.2 Å². The van der Waals surface area contributed by atoms with Crippen LogP contribution in [0.3, 0.4) is 0 Å². The molecule has 1 heterocycles. The Labute approximate surface area is 128 Å². The summed E-state index contributed by atoms with van der Waals surface area (Å²) in [4.78, 5) is 0. The van der Waals surface area contributed by atoms with E-state index in [0.717, 1.165) is 17.8 Å². The first-order valence-corrected chi connectivity index (χ1v) is 7.39. The van der Waals surface area contributed by atoms with E-state index < -0.39 is 17.6 Å². The number of nitrogens with two attached hydrogens (primary N) is 1. The Morgan fingerprint density at radius 3 is 2.64 bits per heavy atom. The summed E-state index contributed by atoms with van der Waals surface area (Å²) in [6.07, 6.45) is -4.20. The number of benzene rings is 1. The molecular weight excluding hydrogens is 320 g/mol. The van der Waals surface area contributed by atoms with Crippen molar-refractivity contribution in [3.05, 3.63) is 41.0 Å². The van der Waals surface area contributed by atoms with Crippen LogP contribution in [0.4, 0.5) is 17.6 Å². The molecule has 2 N–H and O–H groups in total. The average Bonchev–Trinajstić information content (AvgIpc) is 2.77. The van der Waals surface area contributed by atoms with E-state index in [0.29, 0.717) is 23.9 Å². The van der Waals surface area contributed by atoms with Crippen LogP contribution in [0.15, 0.2) is 23.4 Å².